The summed E-state index contributed by atoms with van der Waals surface area (Å²) < 4.78 is 16.9. The second-order valence-electron chi connectivity index (χ2n) is 5.40. The van der Waals surface area contributed by atoms with Crippen LogP contribution in [0.4, 0.5) is 0 Å². The summed E-state index contributed by atoms with van der Waals surface area (Å²) >= 11 is 3.40. The predicted octanol–water partition coefficient (Wildman–Crippen LogP) is 4.10. The monoisotopic (exact) mass is 416 g/mol. The van der Waals surface area contributed by atoms with Gasteiger partial charge in [0.05, 0.1) is 33.2 Å². The van der Waals surface area contributed by atoms with Crippen LogP contribution in [0.1, 0.15) is 16.2 Å². The molecule has 0 fully saturated rings. The van der Waals surface area contributed by atoms with Gasteiger partial charge < -0.3 is 19.2 Å². The van der Waals surface area contributed by atoms with Crippen molar-refractivity contribution in [3.63, 3.8) is 0 Å². The smallest absolute Gasteiger partial charge is 0.228 e. The molecule has 0 aliphatic heterocycles. The van der Waals surface area contributed by atoms with Gasteiger partial charge in [0.25, 0.3) is 0 Å². The lowest BCUT2D eigenvalue weighted by Gasteiger charge is -2.13. The number of ether oxygens (including phenoxy) is 3. The van der Waals surface area contributed by atoms with Crippen LogP contribution in [0.25, 0.3) is 11.3 Å². The number of nitrogens with zero attached hydrogens (tertiary/aromatic N) is 1. The Kier molecular flexibility index (Phi) is 5.27. The van der Waals surface area contributed by atoms with Gasteiger partial charge in [0.15, 0.2) is 17.3 Å². The van der Waals surface area contributed by atoms with Crippen LogP contribution in [-0.2, 0) is 0 Å². The zero-order valence-electron chi connectivity index (χ0n) is 14.5. The van der Waals surface area contributed by atoms with E-state index >= 15 is 0 Å². The van der Waals surface area contributed by atoms with Crippen molar-refractivity contribution in [2.24, 2.45) is 0 Å². The van der Waals surface area contributed by atoms with Gasteiger partial charge in [0.1, 0.15) is 0 Å². The summed E-state index contributed by atoms with van der Waals surface area (Å²) in [5, 5.41) is 0. The van der Waals surface area contributed by atoms with E-state index in [-0.39, 0.29) is 11.6 Å². The largest absolute Gasteiger partial charge is 0.493 e. The van der Waals surface area contributed by atoms with Crippen LogP contribution in [-0.4, -0.2) is 37.1 Å². The zero-order chi connectivity index (χ0) is 18.7. The number of benzene rings is 2. The average Bonchev–Trinajstić information content (AvgIpc) is 3.16. The number of hydrogen-bond acceptors (Lipinski definition) is 5. The number of aromatic nitrogens is 2. The minimum Gasteiger partial charge on any atom is -0.493 e. The molecule has 0 atom stereocenters. The van der Waals surface area contributed by atoms with E-state index in [9.17, 15) is 4.79 Å². The minimum absolute atomic E-state index is 0.234. The SMILES string of the molecule is COc1cc(C(=O)c2ncc(-c3ccc(Br)cc3)[nH]2)cc(OC)c1OC. The third-order valence-electron chi connectivity index (χ3n) is 3.87. The fourth-order valence-electron chi connectivity index (χ4n) is 2.56. The summed E-state index contributed by atoms with van der Waals surface area (Å²) in [4.78, 5) is 20.1. The Morgan fingerprint density at radius 3 is 2.15 bits per heavy atom. The Balaban J connectivity index is 1.96. The predicted molar refractivity (Wildman–Crippen MR) is 101 cm³/mol. The lowest BCUT2D eigenvalue weighted by molar-refractivity contribution is 0.102. The Hall–Kier alpha value is -2.80. The normalized spacial score (nSPS) is 10.5. The Morgan fingerprint density at radius 2 is 1.62 bits per heavy atom. The highest BCUT2D eigenvalue weighted by atomic mass is 79.9. The van der Waals surface area contributed by atoms with Crippen molar-refractivity contribution in [1.29, 1.82) is 0 Å². The molecule has 0 aliphatic carbocycles. The van der Waals surface area contributed by atoms with E-state index in [4.69, 9.17) is 14.2 Å². The van der Waals surface area contributed by atoms with Gasteiger partial charge in [-0.3, -0.25) is 4.79 Å². The van der Waals surface area contributed by atoms with Crippen molar-refractivity contribution in [2.75, 3.05) is 21.3 Å². The molecule has 0 bridgehead atoms. The third-order valence-corrected chi connectivity index (χ3v) is 4.40. The van der Waals surface area contributed by atoms with E-state index in [2.05, 4.69) is 25.9 Å². The summed E-state index contributed by atoms with van der Waals surface area (Å²) in [6.45, 7) is 0. The molecule has 1 N–H and O–H groups in total. The summed E-state index contributed by atoms with van der Waals surface area (Å²) in [6, 6.07) is 10.9. The topological polar surface area (TPSA) is 73.4 Å². The first-order valence-corrected chi connectivity index (χ1v) is 8.52. The van der Waals surface area contributed by atoms with Crippen LogP contribution in [0, 0.1) is 0 Å². The van der Waals surface area contributed by atoms with Crippen molar-refractivity contribution >= 4 is 21.7 Å². The summed E-state index contributed by atoms with van der Waals surface area (Å²) in [5.41, 5.74) is 2.08. The number of imidazole rings is 1. The summed E-state index contributed by atoms with van der Waals surface area (Å²) in [6.07, 6.45) is 1.63. The van der Waals surface area contributed by atoms with Crippen LogP contribution in [0.2, 0.25) is 0 Å². The van der Waals surface area contributed by atoms with Gasteiger partial charge in [-0.05, 0) is 29.8 Å². The molecule has 1 heterocycles. The molecule has 0 unspecified atom stereocenters. The molecule has 3 rings (SSSR count). The number of nitrogens with one attached hydrogen (secondary N) is 1. The summed E-state index contributed by atoms with van der Waals surface area (Å²) in [5.74, 6) is 1.22. The molecule has 26 heavy (non-hydrogen) atoms. The minimum atomic E-state index is -0.271. The van der Waals surface area contributed by atoms with Crippen molar-refractivity contribution < 1.29 is 19.0 Å². The maximum Gasteiger partial charge on any atom is 0.228 e. The van der Waals surface area contributed by atoms with E-state index in [0.717, 1.165) is 15.7 Å². The Labute approximate surface area is 159 Å². The maximum absolute atomic E-state index is 12.8. The second-order valence-corrected chi connectivity index (χ2v) is 6.31. The third kappa shape index (κ3) is 3.43. The molecule has 0 saturated heterocycles. The van der Waals surface area contributed by atoms with Crippen LogP contribution in [0.3, 0.4) is 0 Å². The van der Waals surface area contributed by atoms with E-state index < -0.39 is 0 Å². The van der Waals surface area contributed by atoms with Gasteiger partial charge in [-0.1, -0.05) is 28.1 Å². The molecule has 0 saturated carbocycles. The van der Waals surface area contributed by atoms with Gasteiger partial charge in [-0.15, -0.1) is 0 Å². The number of hydrogen-bond donors (Lipinski definition) is 1. The van der Waals surface area contributed by atoms with E-state index in [1.165, 1.54) is 21.3 Å². The molecule has 0 aliphatic rings. The highest BCUT2D eigenvalue weighted by Crippen LogP contribution is 2.38. The molecule has 0 amide bonds. The number of carbonyl (C=O) groups is 1. The van der Waals surface area contributed by atoms with Crippen LogP contribution < -0.4 is 14.2 Å². The van der Waals surface area contributed by atoms with Crippen molar-refractivity contribution in [1.82, 2.24) is 9.97 Å². The lowest BCUT2D eigenvalue weighted by atomic mass is 10.1. The molecule has 2 aromatic carbocycles. The lowest BCUT2D eigenvalue weighted by Crippen LogP contribution is -2.06. The zero-order valence-corrected chi connectivity index (χ0v) is 16.1. The van der Waals surface area contributed by atoms with Crippen LogP contribution in [0.15, 0.2) is 47.1 Å². The number of carbonyl (C=O) groups excluding carboxylic acids is 1. The number of ketones is 1. The number of aromatic amines is 1. The van der Waals surface area contributed by atoms with Crippen LogP contribution >= 0.6 is 15.9 Å². The van der Waals surface area contributed by atoms with Gasteiger partial charge in [-0.2, -0.15) is 0 Å². The fraction of sp³-hybridized carbons (Fsp3) is 0.158. The number of rotatable bonds is 6. The first-order valence-electron chi connectivity index (χ1n) is 7.73. The molecule has 6 nitrogen and oxygen atoms in total. The standard InChI is InChI=1S/C19H17BrN2O4/c1-24-15-8-12(9-16(25-2)18(15)26-3)17(23)19-21-10-14(22-19)11-4-6-13(20)7-5-11/h4-10H,1-3H3,(H,21,22). The summed E-state index contributed by atoms with van der Waals surface area (Å²) in [7, 11) is 4.52. The molecule has 7 heteroatoms. The number of halogens is 1. The van der Waals surface area contributed by atoms with Crippen LogP contribution in [0.5, 0.6) is 17.2 Å². The Morgan fingerprint density at radius 1 is 1.00 bits per heavy atom. The van der Waals surface area contributed by atoms with Gasteiger partial charge in [0.2, 0.25) is 11.5 Å². The molecule has 1 aromatic heterocycles. The van der Waals surface area contributed by atoms with Gasteiger partial charge >= 0.3 is 0 Å². The molecule has 0 radical (unpaired) electrons. The number of methoxy groups -OCH3 is 3. The first kappa shape index (κ1) is 18.0. The quantitative estimate of drug-likeness (QED) is 0.612. The second kappa shape index (κ2) is 7.61. The molecule has 0 spiro atoms. The molecule has 3 aromatic rings. The Bertz CT molecular complexity index is 910. The van der Waals surface area contributed by atoms with E-state index in [0.29, 0.717) is 22.8 Å². The number of H-pyrrole nitrogens is 1. The first-order chi connectivity index (χ1) is 12.6. The maximum atomic E-state index is 12.8. The van der Waals surface area contributed by atoms with Gasteiger partial charge in [-0.25, -0.2) is 4.98 Å². The van der Waals surface area contributed by atoms with Crippen molar-refractivity contribution in [2.45, 2.75) is 0 Å². The van der Waals surface area contributed by atoms with Crippen molar-refractivity contribution in [3.05, 3.63) is 58.5 Å². The highest BCUT2D eigenvalue weighted by Gasteiger charge is 2.20. The van der Waals surface area contributed by atoms with E-state index in [1.54, 1.807) is 18.3 Å². The molecule has 134 valence electrons. The van der Waals surface area contributed by atoms with Gasteiger partial charge in [0, 0.05) is 10.0 Å². The highest BCUT2D eigenvalue weighted by molar-refractivity contribution is 9.10. The molecular formula is C19H17BrN2O4. The van der Waals surface area contributed by atoms with E-state index in [1.807, 2.05) is 24.3 Å². The fourth-order valence-corrected chi connectivity index (χ4v) is 2.83. The molecular weight excluding hydrogens is 400 g/mol. The van der Waals surface area contributed by atoms with Crippen molar-refractivity contribution in [3.8, 4) is 28.5 Å². The average molecular weight is 417 g/mol.